The molecular formula is C26H35ClF2N2O4. The van der Waals surface area contributed by atoms with E-state index < -0.39 is 5.82 Å². The second-order valence-corrected chi connectivity index (χ2v) is 8.62. The lowest BCUT2D eigenvalue weighted by atomic mass is 9.69. The van der Waals surface area contributed by atoms with E-state index in [0.29, 0.717) is 18.6 Å². The van der Waals surface area contributed by atoms with Crippen LogP contribution in [0.5, 0.6) is 5.75 Å². The number of carbonyl (C=O) groups excluding carboxylic acids is 2. The monoisotopic (exact) mass is 512 g/mol. The van der Waals surface area contributed by atoms with Gasteiger partial charge in [-0.15, -0.1) is 0 Å². The van der Waals surface area contributed by atoms with Crippen LogP contribution in [0.2, 0.25) is 5.02 Å². The molecule has 6 nitrogen and oxygen atoms in total. The summed E-state index contributed by atoms with van der Waals surface area (Å²) in [5.41, 5.74) is 1.05. The van der Waals surface area contributed by atoms with E-state index >= 15 is 0 Å². The Labute approximate surface area is 211 Å². The molecule has 1 aliphatic rings. The van der Waals surface area contributed by atoms with Crippen LogP contribution in [0, 0.1) is 17.6 Å². The highest BCUT2D eigenvalue weighted by Gasteiger charge is 2.40. The number of ether oxygens (including phenoxy) is 2. The normalized spacial score (nSPS) is 18.1. The molecule has 194 valence electrons. The molecule has 2 aromatic carbocycles. The topological polar surface area (TPSA) is 76.7 Å². The molecule has 0 aromatic heterocycles. The Morgan fingerprint density at radius 1 is 1.17 bits per heavy atom. The van der Waals surface area contributed by atoms with E-state index in [0.717, 1.165) is 56.4 Å². The van der Waals surface area contributed by atoms with Gasteiger partial charge in [0.1, 0.15) is 24.0 Å². The fourth-order valence-electron chi connectivity index (χ4n) is 3.77. The van der Waals surface area contributed by atoms with Gasteiger partial charge in [0, 0.05) is 19.2 Å². The summed E-state index contributed by atoms with van der Waals surface area (Å²) in [4.78, 5) is 20.1. The molecule has 1 saturated carbocycles. The fourth-order valence-corrected chi connectivity index (χ4v) is 3.89. The molecule has 0 spiro atoms. The van der Waals surface area contributed by atoms with Crippen molar-refractivity contribution in [2.45, 2.75) is 38.6 Å². The van der Waals surface area contributed by atoms with E-state index in [1.54, 1.807) is 12.1 Å². The van der Waals surface area contributed by atoms with E-state index in [1.807, 2.05) is 20.0 Å². The van der Waals surface area contributed by atoms with Crippen LogP contribution in [0.1, 0.15) is 32.3 Å². The SMILES string of the molecule is CCOCCc1cccc(F)c1.CNCC1(NC=O)CC(C)C1.O=CCOc1ccc(Cl)c(F)c1. The van der Waals surface area contributed by atoms with E-state index in [1.165, 1.54) is 18.2 Å². The molecule has 35 heavy (non-hydrogen) atoms. The minimum Gasteiger partial charge on any atom is -0.486 e. The van der Waals surface area contributed by atoms with Gasteiger partial charge in [-0.2, -0.15) is 0 Å². The molecule has 2 N–H and O–H groups in total. The van der Waals surface area contributed by atoms with E-state index in [-0.39, 0.29) is 23.0 Å². The fraction of sp³-hybridized carbons (Fsp3) is 0.462. The van der Waals surface area contributed by atoms with Gasteiger partial charge in [0.15, 0.2) is 6.29 Å². The minimum absolute atomic E-state index is 0.0356. The van der Waals surface area contributed by atoms with Crippen molar-refractivity contribution in [2.75, 3.05) is 33.4 Å². The highest BCUT2D eigenvalue weighted by Crippen LogP contribution is 2.36. The van der Waals surface area contributed by atoms with Crippen LogP contribution in [-0.2, 0) is 20.7 Å². The number of carbonyl (C=O) groups is 2. The van der Waals surface area contributed by atoms with Crippen molar-refractivity contribution in [3.8, 4) is 5.75 Å². The Hall–Kier alpha value is -2.55. The lowest BCUT2D eigenvalue weighted by Crippen LogP contribution is -2.59. The number of hydrogen-bond acceptors (Lipinski definition) is 5. The van der Waals surface area contributed by atoms with Gasteiger partial charge < -0.3 is 20.1 Å². The predicted octanol–water partition coefficient (Wildman–Crippen LogP) is 4.58. The summed E-state index contributed by atoms with van der Waals surface area (Å²) in [6.07, 6.45) is 4.39. The summed E-state index contributed by atoms with van der Waals surface area (Å²) in [5.74, 6) is 0.323. The maximum absolute atomic E-state index is 12.7. The Bertz CT molecular complexity index is 890. The zero-order chi connectivity index (χ0) is 26.1. The van der Waals surface area contributed by atoms with E-state index in [4.69, 9.17) is 21.1 Å². The molecule has 0 atom stereocenters. The summed E-state index contributed by atoms with van der Waals surface area (Å²) < 4.78 is 35.3. The highest BCUT2D eigenvalue weighted by molar-refractivity contribution is 6.30. The van der Waals surface area contributed by atoms with Crippen LogP contribution in [0.15, 0.2) is 42.5 Å². The third kappa shape index (κ3) is 12.1. The molecule has 0 radical (unpaired) electrons. The average molecular weight is 513 g/mol. The summed E-state index contributed by atoms with van der Waals surface area (Å²) in [6, 6.07) is 10.6. The first-order valence-electron chi connectivity index (χ1n) is 11.5. The lowest BCUT2D eigenvalue weighted by Gasteiger charge is -2.46. The first-order chi connectivity index (χ1) is 16.8. The molecule has 0 bridgehead atoms. The molecular weight excluding hydrogens is 478 g/mol. The molecule has 1 aliphatic carbocycles. The van der Waals surface area contributed by atoms with Gasteiger partial charge in [-0.25, -0.2) is 8.78 Å². The van der Waals surface area contributed by atoms with Gasteiger partial charge in [-0.1, -0.05) is 30.7 Å². The van der Waals surface area contributed by atoms with Gasteiger partial charge in [0.2, 0.25) is 6.41 Å². The number of hydrogen-bond donors (Lipinski definition) is 2. The van der Waals surface area contributed by atoms with Gasteiger partial charge in [-0.05, 0) is 69.0 Å². The Balaban J connectivity index is 0.000000263. The molecule has 9 heteroatoms. The molecule has 3 rings (SSSR count). The zero-order valence-corrected chi connectivity index (χ0v) is 21.2. The van der Waals surface area contributed by atoms with E-state index in [9.17, 15) is 18.4 Å². The molecule has 1 fully saturated rings. The third-order valence-corrected chi connectivity index (χ3v) is 5.50. The van der Waals surface area contributed by atoms with E-state index in [2.05, 4.69) is 17.6 Å². The van der Waals surface area contributed by atoms with Gasteiger partial charge in [0.25, 0.3) is 0 Å². The number of rotatable bonds is 11. The minimum atomic E-state index is -0.555. The summed E-state index contributed by atoms with van der Waals surface area (Å²) in [7, 11) is 1.91. The first-order valence-corrected chi connectivity index (χ1v) is 11.9. The molecule has 0 heterocycles. The smallest absolute Gasteiger partial charge is 0.207 e. The number of amides is 1. The lowest BCUT2D eigenvalue weighted by molar-refractivity contribution is -0.112. The number of benzene rings is 2. The van der Waals surface area contributed by atoms with Gasteiger partial charge in [0.05, 0.1) is 17.2 Å². The summed E-state index contributed by atoms with van der Waals surface area (Å²) in [5, 5.41) is 6.01. The van der Waals surface area contributed by atoms with Crippen molar-refractivity contribution in [3.63, 3.8) is 0 Å². The van der Waals surface area contributed by atoms with Crippen LogP contribution in [-0.4, -0.2) is 51.6 Å². The zero-order valence-electron chi connectivity index (χ0n) is 20.5. The van der Waals surface area contributed by atoms with Gasteiger partial charge >= 0.3 is 0 Å². The Kier molecular flexibility index (Phi) is 14.8. The quantitative estimate of drug-likeness (QED) is 0.340. The number of likely N-dealkylation sites (N-methyl/N-ethyl adjacent to an activating group) is 1. The van der Waals surface area contributed by atoms with Crippen molar-refractivity contribution in [1.82, 2.24) is 10.6 Å². The van der Waals surface area contributed by atoms with Crippen LogP contribution in [0.4, 0.5) is 8.78 Å². The maximum Gasteiger partial charge on any atom is 0.207 e. The van der Waals surface area contributed by atoms with Crippen LogP contribution in [0.3, 0.4) is 0 Å². The van der Waals surface area contributed by atoms with Crippen molar-refractivity contribution >= 4 is 24.3 Å². The Morgan fingerprint density at radius 3 is 2.46 bits per heavy atom. The first kappa shape index (κ1) is 30.5. The molecule has 0 unspecified atom stereocenters. The maximum atomic E-state index is 12.7. The second kappa shape index (κ2) is 17.0. The van der Waals surface area contributed by atoms with Crippen molar-refractivity contribution in [3.05, 3.63) is 64.7 Å². The largest absolute Gasteiger partial charge is 0.486 e. The molecule has 0 saturated heterocycles. The average Bonchev–Trinajstić information content (AvgIpc) is 2.80. The molecule has 0 aliphatic heterocycles. The van der Waals surface area contributed by atoms with Crippen molar-refractivity contribution < 1.29 is 27.8 Å². The van der Waals surface area contributed by atoms with Crippen LogP contribution in [0.25, 0.3) is 0 Å². The van der Waals surface area contributed by atoms with Crippen molar-refractivity contribution in [1.29, 1.82) is 0 Å². The number of halogens is 3. The molecule has 2 aromatic rings. The van der Waals surface area contributed by atoms with Gasteiger partial charge in [-0.3, -0.25) is 9.59 Å². The Morgan fingerprint density at radius 2 is 1.91 bits per heavy atom. The van der Waals surface area contributed by atoms with Crippen molar-refractivity contribution in [2.24, 2.45) is 5.92 Å². The predicted molar refractivity (Wildman–Crippen MR) is 134 cm³/mol. The summed E-state index contributed by atoms with van der Waals surface area (Å²) >= 11 is 5.41. The molecule has 1 amide bonds. The second-order valence-electron chi connectivity index (χ2n) is 8.22. The third-order valence-electron chi connectivity index (χ3n) is 5.20. The highest BCUT2D eigenvalue weighted by atomic mass is 35.5. The number of aldehydes is 1. The summed E-state index contributed by atoms with van der Waals surface area (Å²) in [6.45, 7) is 6.35. The number of nitrogens with one attached hydrogen (secondary N) is 2. The van der Waals surface area contributed by atoms with Crippen LogP contribution >= 0.6 is 11.6 Å². The van der Waals surface area contributed by atoms with Crippen LogP contribution < -0.4 is 15.4 Å². The standard InChI is InChI=1S/C10H13FO.C8H6ClFO2.C8H16N2O/c1-2-12-7-6-9-4-3-5-10(11)8-9;9-7-2-1-6(5-8(7)10)12-4-3-11;1-7-3-8(4-7,5-9-2)10-6-11/h3-5,8H,2,6-7H2,1H3;1-3,5H,4H2;6-7,9H,3-5H2,1-2H3,(H,10,11).